The zero-order valence-corrected chi connectivity index (χ0v) is 7.04. The van der Waals surface area contributed by atoms with Crippen LogP contribution in [-0.2, 0) is 18.4 Å². The number of carbonyl (C=O) groups excluding carboxylic acids is 1. The summed E-state index contributed by atoms with van der Waals surface area (Å²) in [6, 6.07) is -0.620. The third-order valence-electron chi connectivity index (χ3n) is 1.01. The third kappa shape index (κ3) is 2.71. The van der Waals surface area contributed by atoms with Crippen LogP contribution in [0.5, 0.6) is 0 Å². The molecule has 0 aromatic rings. The lowest BCUT2D eigenvalue weighted by Crippen LogP contribution is -2.27. The fourth-order valence-electron chi connectivity index (χ4n) is 0.470. The SMILES string of the molecule is CC(N)C(=O)OP1OCCO1. The van der Waals surface area contributed by atoms with Gasteiger partial charge in [0.1, 0.15) is 6.04 Å². The van der Waals surface area contributed by atoms with Crippen LogP contribution in [0.3, 0.4) is 0 Å². The van der Waals surface area contributed by atoms with Gasteiger partial charge in [-0.05, 0) is 6.92 Å². The van der Waals surface area contributed by atoms with Crippen LogP contribution in [-0.4, -0.2) is 25.2 Å². The van der Waals surface area contributed by atoms with Gasteiger partial charge in [-0.25, -0.2) is 0 Å². The van der Waals surface area contributed by atoms with E-state index in [4.69, 9.17) is 19.3 Å². The molecule has 1 rings (SSSR count). The van der Waals surface area contributed by atoms with Crippen molar-refractivity contribution in [3.8, 4) is 0 Å². The summed E-state index contributed by atoms with van der Waals surface area (Å²) in [5, 5.41) is 0. The molecule has 5 nitrogen and oxygen atoms in total. The Hall–Kier alpha value is -0.220. The molecular weight excluding hydrogens is 169 g/mol. The fourth-order valence-corrected chi connectivity index (χ4v) is 1.41. The highest BCUT2D eigenvalue weighted by molar-refractivity contribution is 7.42. The van der Waals surface area contributed by atoms with Crippen molar-refractivity contribution in [2.75, 3.05) is 13.2 Å². The van der Waals surface area contributed by atoms with Gasteiger partial charge in [-0.2, -0.15) is 0 Å². The summed E-state index contributed by atoms with van der Waals surface area (Å²) >= 11 is 0. The van der Waals surface area contributed by atoms with Crippen molar-refractivity contribution in [2.24, 2.45) is 5.73 Å². The van der Waals surface area contributed by atoms with Crippen molar-refractivity contribution in [3.05, 3.63) is 0 Å². The molecular formula is C5H10NO4P. The highest BCUT2D eigenvalue weighted by Crippen LogP contribution is 2.43. The normalized spacial score (nSPS) is 21.6. The molecule has 64 valence electrons. The van der Waals surface area contributed by atoms with Crippen molar-refractivity contribution in [3.63, 3.8) is 0 Å². The average molecular weight is 179 g/mol. The number of hydrogen-bond acceptors (Lipinski definition) is 5. The van der Waals surface area contributed by atoms with Crippen molar-refractivity contribution in [1.82, 2.24) is 0 Å². The van der Waals surface area contributed by atoms with Crippen LogP contribution in [0.25, 0.3) is 0 Å². The van der Waals surface area contributed by atoms with Gasteiger partial charge in [0, 0.05) is 0 Å². The Morgan fingerprint density at radius 3 is 2.64 bits per heavy atom. The van der Waals surface area contributed by atoms with Crippen LogP contribution >= 0.6 is 8.60 Å². The molecule has 0 aromatic heterocycles. The van der Waals surface area contributed by atoms with Crippen LogP contribution in [0.4, 0.5) is 0 Å². The van der Waals surface area contributed by atoms with Crippen LogP contribution in [0, 0.1) is 0 Å². The molecule has 0 radical (unpaired) electrons. The zero-order chi connectivity index (χ0) is 8.27. The Bertz CT molecular complexity index is 145. The summed E-state index contributed by atoms with van der Waals surface area (Å²) < 4.78 is 14.6. The molecule has 11 heavy (non-hydrogen) atoms. The first-order valence-corrected chi connectivity index (χ1v) is 4.33. The van der Waals surface area contributed by atoms with E-state index in [-0.39, 0.29) is 0 Å². The summed E-state index contributed by atoms with van der Waals surface area (Å²) in [7, 11) is -1.45. The summed E-state index contributed by atoms with van der Waals surface area (Å²) in [6.45, 7) is 2.52. The van der Waals surface area contributed by atoms with Gasteiger partial charge < -0.3 is 10.3 Å². The van der Waals surface area contributed by atoms with Crippen molar-refractivity contribution in [1.29, 1.82) is 0 Å². The zero-order valence-electron chi connectivity index (χ0n) is 6.15. The second-order valence-corrected chi connectivity index (χ2v) is 3.24. The summed E-state index contributed by atoms with van der Waals surface area (Å²) in [5.41, 5.74) is 5.24. The first-order valence-electron chi connectivity index (χ1n) is 3.23. The molecule has 1 unspecified atom stereocenters. The van der Waals surface area contributed by atoms with E-state index in [1.165, 1.54) is 0 Å². The van der Waals surface area contributed by atoms with Crippen molar-refractivity contribution >= 4 is 14.6 Å². The largest absolute Gasteiger partial charge is 0.399 e. The molecule has 0 aliphatic carbocycles. The van der Waals surface area contributed by atoms with E-state index in [9.17, 15) is 4.79 Å². The van der Waals surface area contributed by atoms with Gasteiger partial charge in [0.25, 0.3) is 0 Å². The fraction of sp³-hybridized carbons (Fsp3) is 0.800. The lowest BCUT2D eigenvalue weighted by Gasteiger charge is -2.08. The monoisotopic (exact) mass is 179 g/mol. The van der Waals surface area contributed by atoms with Gasteiger partial charge in [0.2, 0.25) is 0 Å². The van der Waals surface area contributed by atoms with Crippen LogP contribution in [0.1, 0.15) is 6.92 Å². The van der Waals surface area contributed by atoms with Gasteiger partial charge in [0.05, 0.1) is 13.2 Å². The van der Waals surface area contributed by atoms with E-state index in [1.807, 2.05) is 0 Å². The maximum absolute atomic E-state index is 10.8. The van der Waals surface area contributed by atoms with Gasteiger partial charge in [0.15, 0.2) is 0 Å². The maximum atomic E-state index is 10.8. The number of rotatable bonds is 2. The second-order valence-electron chi connectivity index (χ2n) is 2.09. The summed E-state index contributed by atoms with van der Waals surface area (Å²) in [5.74, 6) is -0.488. The molecule has 1 saturated heterocycles. The lowest BCUT2D eigenvalue weighted by atomic mass is 10.4. The molecule has 1 aliphatic rings. The molecule has 0 saturated carbocycles. The molecule has 0 bridgehead atoms. The number of hydrogen-bond donors (Lipinski definition) is 1. The predicted octanol–water partition coefficient (Wildman–Crippen LogP) is 0.150. The summed E-state index contributed by atoms with van der Waals surface area (Å²) in [4.78, 5) is 10.8. The predicted molar refractivity (Wildman–Crippen MR) is 38.6 cm³/mol. The Kier molecular flexibility index (Phi) is 3.20. The van der Waals surface area contributed by atoms with Gasteiger partial charge in [-0.1, -0.05) is 0 Å². The van der Waals surface area contributed by atoms with Crippen molar-refractivity contribution < 1.29 is 18.4 Å². The van der Waals surface area contributed by atoms with Gasteiger partial charge >= 0.3 is 14.6 Å². The number of carbonyl (C=O) groups is 1. The first-order chi connectivity index (χ1) is 5.20. The van der Waals surface area contributed by atoms with Crippen LogP contribution in [0.2, 0.25) is 0 Å². The third-order valence-corrected chi connectivity index (χ3v) is 2.13. The molecule has 2 N–H and O–H groups in total. The second kappa shape index (κ2) is 3.97. The highest BCUT2D eigenvalue weighted by Gasteiger charge is 2.24. The highest BCUT2D eigenvalue weighted by atomic mass is 31.2. The topological polar surface area (TPSA) is 70.8 Å². The Labute approximate surface area is 65.8 Å². The molecule has 0 aromatic carbocycles. The van der Waals surface area contributed by atoms with E-state index >= 15 is 0 Å². The van der Waals surface area contributed by atoms with Gasteiger partial charge in [-0.15, -0.1) is 0 Å². The van der Waals surface area contributed by atoms with Crippen LogP contribution in [0.15, 0.2) is 0 Å². The van der Waals surface area contributed by atoms with E-state index in [2.05, 4.69) is 0 Å². The minimum atomic E-state index is -1.45. The molecule has 1 heterocycles. The lowest BCUT2D eigenvalue weighted by molar-refractivity contribution is -0.135. The Balaban J connectivity index is 2.24. The molecule has 6 heteroatoms. The minimum absolute atomic E-state index is 0.484. The Morgan fingerprint density at radius 1 is 1.64 bits per heavy atom. The standard InChI is InChI=1S/C5H10NO4P/c1-4(6)5(7)10-11-8-2-3-9-11/h4H,2-3,6H2,1H3. The average Bonchev–Trinajstić information content (AvgIpc) is 2.39. The molecule has 1 atom stereocenters. The summed E-state index contributed by atoms with van der Waals surface area (Å²) in [6.07, 6.45) is 0. The van der Waals surface area contributed by atoms with Crippen LogP contribution < -0.4 is 5.73 Å². The minimum Gasteiger partial charge on any atom is -0.393 e. The quantitative estimate of drug-likeness (QED) is 0.611. The maximum Gasteiger partial charge on any atom is 0.399 e. The Morgan fingerprint density at radius 2 is 2.18 bits per heavy atom. The molecule has 1 aliphatic heterocycles. The smallest absolute Gasteiger partial charge is 0.393 e. The van der Waals surface area contributed by atoms with E-state index in [1.54, 1.807) is 6.92 Å². The van der Waals surface area contributed by atoms with E-state index in [0.717, 1.165) is 0 Å². The van der Waals surface area contributed by atoms with Crippen molar-refractivity contribution in [2.45, 2.75) is 13.0 Å². The molecule has 0 amide bonds. The molecule has 0 spiro atoms. The van der Waals surface area contributed by atoms with E-state index in [0.29, 0.717) is 13.2 Å². The van der Waals surface area contributed by atoms with E-state index < -0.39 is 20.6 Å². The molecule has 1 fully saturated rings. The number of nitrogens with two attached hydrogens (primary N) is 1. The van der Waals surface area contributed by atoms with Gasteiger partial charge in [-0.3, -0.25) is 13.8 Å². The first kappa shape index (κ1) is 8.87.